The molecular formula is C25H38FNO5. The molecule has 1 saturated carbocycles. The van der Waals surface area contributed by atoms with E-state index in [0.29, 0.717) is 50.8 Å². The quantitative estimate of drug-likeness (QED) is 0.166. The summed E-state index contributed by atoms with van der Waals surface area (Å²) in [4.78, 5) is 11.4. The number of aliphatic hydroxyl groups is 2. The number of oxime groups is 1. The molecule has 0 bridgehead atoms. The Kier molecular flexibility index (Phi) is 11.7. The maximum atomic E-state index is 13.0. The van der Waals surface area contributed by atoms with E-state index in [4.69, 9.17) is 4.74 Å². The average Bonchev–Trinajstić information content (AvgIpc) is 3.08. The molecule has 180 valence electrons. The highest BCUT2D eigenvalue weighted by Crippen LogP contribution is 2.37. The predicted octanol–water partition coefficient (Wildman–Crippen LogP) is 4.63. The molecule has 7 heteroatoms. The van der Waals surface area contributed by atoms with Crippen molar-refractivity contribution < 1.29 is 29.3 Å². The summed E-state index contributed by atoms with van der Waals surface area (Å²) in [6, 6.07) is 6.31. The van der Waals surface area contributed by atoms with Gasteiger partial charge in [-0.1, -0.05) is 36.6 Å². The number of nitrogens with zero attached hydrogens (tertiary/aromatic N) is 1. The molecule has 4 unspecified atom stereocenters. The van der Waals surface area contributed by atoms with Crippen LogP contribution in [0.15, 0.2) is 29.4 Å². The number of unbranched alkanes of at least 4 members (excludes halogenated alkanes) is 3. The molecule has 0 heterocycles. The molecule has 6 nitrogen and oxygen atoms in total. The maximum absolute atomic E-state index is 13.0. The largest absolute Gasteiger partial charge is 0.466 e. The molecule has 32 heavy (non-hydrogen) atoms. The van der Waals surface area contributed by atoms with Gasteiger partial charge in [0.1, 0.15) is 5.82 Å². The molecule has 0 saturated heterocycles. The Morgan fingerprint density at radius 1 is 1.16 bits per heavy atom. The number of rotatable bonds is 14. The summed E-state index contributed by atoms with van der Waals surface area (Å²) in [5, 5.41) is 33.7. The number of halogens is 1. The maximum Gasteiger partial charge on any atom is 0.305 e. The van der Waals surface area contributed by atoms with E-state index in [1.165, 1.54) is 12.1 Å². The van der Waals surface area contributed by atoms with Crippen LogP contribution >= 0.6 is 0 Å². The number of aliphatic hydroxyl groups excluding tert-OH is 2. The molecule has 0 aromatic heterocycles. The summed E-state index contributed by atoms with van der Waals surface area (Å²) in [5.74, 6) is -0.430. The van der Waals surface area contributed by atoms with Crippen molar-refractivity contribution in [2.75, 3.05) is 6.61 Å². The van der Waals surface area contributed by atoms with Gasteiger partial charge in [0.15, 0.2) is 0 Å². The van der Waals surface area contributed by atoms with Crippen molar-refractivity contribution in [1.82, 2.24) is 0 Å². The van der Waals surface area contributed by atoms with Crippen LogP contribution < -0.4 is 0 Å². The van der Waals surface area contributed by atoms with E-state index in [9.17, 15) is 24.6 Å². The fourth-order valence-corrected chi connectivity index (χ4v) is 4.66. The second kappa shape index (κ2) is 14.2. The molecule has 0 radical (unpaired) electrons. The van der Waals surface area contributed by atoms with Gasteiger partial charge < -0.3 is 20.2 Å². The predicted molar refractivity (Wildman–Crippen MR) is 121 cm³/mol. The standard InChI is InChI=1S/C25H38FNO5/c1-2-32-25(30)8-6-4-3-5-7-22-21(23(27-31)17-24(22)29)16-15-20(28)14-11-18-9-12-19(26)13-10-18/h9-10,12-13,20-22,24,28-29,31H,2-8,11,14-17H2,1H3/b27-23+. The topological polar surface area (TPSA) is 99.4 Å². The van der Waals surface area contributed by atoms with Gasteiger partial charge in [-0.05, 0) is 69.1 Å². The smallest absolute Gasteiger partial charge is 0.305 e. The third-order valence-corrected chi connectivity index (χ3v) is 6.45. The number of hydrogen-bond donors (Lipinski definition) is 3. The monoisotopic (exact) mass is 451 g/mol. The SMILES string of the molecule is CCOC(=O)CCCCCCC1C(O)C/C(=N\O)C1CCC(O)CCc1ccc(F)cc1. The minimum Gasteiger partial charge on any atom is -0.466 e. The summed E-state index contributed by atoms with van der Waals surface area (Å²) in [7, 11) is 0. The summed E-state index contributed by atoms with van der Waals surface area (Å²) in [6.45, 7) is 2.21. The minimum atomic E-state index is -0.526. The fourth-order valence-electron chi connectivity index (χ4n) is 4.66. The van der Waals surface area contributed by atoms with Gasteiger partial charge in [0, 0.05) is 18.8 Å². The molecule has 0 aliphatic heterocycles. The van der Waals surface area contributed by atoms with Crippen molar-refractivity contribution in [2.45, 2.75) is 89.8 Å². The van der Waals surface area contributed by atoms with Crippen molar-refractivity contribution in [2.24, 2.45) is 17.0 Å². The van der Waals surface area contributed by atoms with Crippen molar-refractivity contribution >= 4 is 11.7 Å². The molecule has 1 aromatic rings. The third kappa shape index (κ3) is 8.87. The highest BCUT2D eigenvalue weighted by Gasteiger charge is 2.39. The lowest BCUT2D eigenvalue weighted by Gasteiger charge is -2.23. The molecule has 2 rings (SSSR count). The van der Waals surface area contributed by atoms with E-state index in [1.54, 1.807) is 19.1 Å². The van der Waals surface area contributed by atoms with E-state index in [2.05, 4.69) is 5.16 Å². The Balaban J connectivity index is 1.73. The first-order chi connectivity index (χ1) is 15.4. The molecule has 1 aliphatic carbocycles. The van der Waals surface area contributed by atoms with E-state index in [-0.39, 0.29) is 23.6 Å². The van der Waals surface area contributed by atoms with Gasteiger partial charge in [-0.15, -0.1) is 0 Å². The normalized spacial score (nSPS) is 22.9. The molecule has 0 spiro atoms. The Labute approximate surface area is 190 Å². The number of carbonyl (C=O) groups excluding carboxylic acids is 1. The minimum absolute atomic E-state index is 0.0234. The van der Waals surface area contributed by atoms with Crippen LogP contribution in [0.5, 0.6) is 0 Å². The van der Waals surface area contributed by atoms with Crippen LogP contribution in [-0.4, -0.2) is 45.9 Å². The van der Waals surface area contributed by atoms with Crippen LogP contribution in [0.1, 0.15) is 76.7 Å². The number of benzene rings is 1. The second-order valence-electron chi connectivity index (χ2n) is 8.79. The zero-order valence-electron chi connectivity index (χ0n) is 19.1. The summed E-state index contributed by atoms with van der Waals surface area (Å²) < 4.78 is 17.9. The Morgan fingerprint density at radius 3 is 2.56 bits per heavy atom. The average molecular weight is 452 g/mol. The van der Waals surface area contributed by atoms with E-state index < -0.39 is 12.2 Å². The second-order valence-corrected chi connectivity index (χ2v) is 8.79. The van der Waals surface area contributed by atoms with Crippen LogP contribution in [0.2, 0.25) is 0 Å². The van der Waals surface area contributed by atoms with Gasteiger partial charge in [-0.2, -0.15) is 0 Å². The van der Waals surface area contributed by atoms with Gasteiger partial charge in [0.25, 0.3) is 0 Å². The molecule has 3 N–H and O–H groups in total. The van der Waals surface area contributed by atoms with Crippen molar-refractivity contribution in [1.29, 1.82) is 0 Å². The van der Waals surface area contributed by atoms with Crippen LogP contribution in [-0.2, 0) is 16.0 Å². The highest BCUT2D eigenvalue weighted by atomic mass is 19.1. The fraction of sp³-hybridized carbons (Fsp3) is 0.680. The Morgan fingerprint density at radius 2 is 1.88 bits per heavy atom. The van der Waals surface area contributed by atoms with Crippen LogP contribution in [0.25, 0.3) is 0 Å². The number of carbonyl (C=O) groups is 1. The first-order valence-corrected chi connectivity index (χ1v) is 11.9. The zero-order valence-corrected chi connectivity index (χ0v) is 19.1. The van der Waals surface area contributed by atoms with Crippen LogP contribution in [0.3, 0.4) is 0 Å². The Hall–Kier alpha value is -1.99. The van der Waals surface area contributed by atoms with Gasteiger partial charge in [0.05, 0.1) is 24.5 Å². The molecule has 1 aromatic carbocycles. The van der Waals surface area contributed by atoms with Crippen molar-refractivity contribution in [3.05, 3.63) is 35.6 Å². The first-order valence-electron chi connectivity index (χ1n) is 11.9. The summed E-state index contributed by atoms with van der Waals surface area (Å²) >= 11 is 0. The summed E-state index contributed by atoms with van der Waals surface area (Å²) in [6.07, 6.45) is 6.76. The highest BCUT2D eigenvalue weighted by molar-refractivity contribution is 5.89. The lowest BCUT2D eigenvalue weighted by molar-refractivity contribution is -0.143. The number of hydrogen-bond acceptors (Lipinski definition) is 6. The molecule has 4 atom stereocenters. The molecule has 0 amide bonds. The van der Waals surface area contributed by atoms with Gasteiger partial charge in [-0.25, -0.2) is 4.39 Å². The first kappa shape index (κ1) is 26.3. The molecule has 1 aliphatic rings. The lowest BCUT2D eigenvalue weighted by atomic mass is 9.84. The van der Waals surface area contributed by atoms with E-state index in [0.717, 1.165) is 37.7 Å². The van der Waals surface area contributed by atoms with Gasteiger partial charge in [-0.3, -0.25) is 4.79 Å². The molecule has 1 fully saturated rings. The van der Waals surface area contributed by atoms with E-state index >= 15 is 0 Å². The van der Waals surface area contributed by atoms with Crippen molar-refractivity contribution in [3.63, 3.8) is 0 Å². The third-order valence-electron chi connectivity index (χ3n) is 6.45. The van der Waals surface area contributed by atoms with Gasteiger partial charge >= 0.3 is 5.97 Å². The van der Waals surface area contributed by atoms with Crippen LogP contribution in [0.4, 0.5) is 4.39 Å². The van der Waals surface area contributed by atoms with Gasteiger partial charge in [0.2, 0.25) is 0 Å². The van der Waals surface area contributed by atoms with E-state index in [1.807, 2.05) is 0 Å². The molecular weight excluding hydrogens is 413 g/mol. The zero-order chi connectivity index (χ0) is 23.3. The van der Waals surface area contributed by atoms with Crippen LogP contribution in [0, 0.1) is 17.7 Å². The number of esters is 1. The number of aryl methyl sites for hydroxylation is 1. The Bertz CT molecular complexity index is 709. The lowest BCUT2D eigenvalue weighted by Crippen LogP contribution is -2.22. The summed E-state index contributed by atoms with van der Waals surface area (Å²) in [5.41, 5.74) is 1.61. The van der Waals surface area contributed by atoms with Crippen molar-refractivity contribution in [3.8, 4) is 0 Å². The number of ether oxygens (including phenoxy) is 1.